The molecule has 0 spiro atoms. The average molecular weight is 262 g/mol. The van der Waals surface area contributed by atoms with Crippen LogP contribution in [0.5, 0.6) is 0 Å². The van der Waals surface area contributed by atoms with Gasteiger partial charge in [0.2, 0.25) is 0 Å². The van der Waals surface area contributed by atoms with E-state index in [1.807, 2.05) is 18.2 Å². The van der Waals surface area contributed by atoms with Crippen LogP contribution < -0.4 is 4.90 Å². The number of aromatic nitrogens is 1. The summed E-state index contributed by atoms with van der Waals surface area (Å²) in [7, 11) is 0. The zero-order valence-electron chi connectivity index (χ0n) is 9.87. The fourth-order valence-corrected chi connectivity index (χ4v) is 3.35. The lowest BCUT2D eigenvalue weighted by Crippen LogP contribution is -2.38. The van der Waals surface area contributed by atoms with Crippen LogP contribution in [0.15, 0.2) is 24.3 Å². The number of carboxylic acids is 1. The molecule has 5 heteroatoms. The second-order valence-corrected chi connectivity index (χ2v) is 5.60. The maximum atomic E-state index is 11.1. The van der Waals surface area contributed by atoms with Gasteiger partial charge in [-0.25, -0.2) is 4.98 Å². The van der Waals surface area contributed by atoms with Crippen molar-refractivity contribution in [1.29, 1.82) is 0 Å². The first-order valence-corrected chi connectivity index (χ1v) is 6.89. The normalized spacial score (nSPS) is 20.2. The van der Waals surface area contributed by atoms with Crippen molar-refractivity contribution in [2.24, 2.45) is 5.92 Å². The molecule has 1 N–H and O–H groups in total. The predicted octanol–water partition coefficient (Wildman–Crippen LogP) is 2.60. The van der Waals surface area contributed by atoms with E-state index in [4.69, 9.17) is 5.11 Å². The molecular formula is C13H14N2O2S. The van der Waals surface area contributed by atoms with Crippen LogP contribution in [0.25, 0.3) is 10.2 Å². The highest BCUT2D eigenvalue weighted by Gasteiger charge is 2.26. The molecule has 2 heterocycles. The van der Waals surface area contributed by atoms with E-state index in [9.17, 15) is 4.79 Å². The smallest absolute Gasteiger partial charge is 0.308 e. The molecule has 1 atom stereocenters. The molecule has 0 unspecified atom stereocenters. The van der Waals surface area contributed by atoms with Gasteiger partial charge in [0.05, 0.1) is 16.1 Å². The third-order valence-electron chi connectivity index (χ3n) is 3.32. The fourth-order valence-electron chi connectivity index (χ4n) is 2.35. The number of benzene rings is 1. The van der Waals surface area contributed by atoms with Crippen molar-refractivity contribution in [3.05, 3.63) is 24.3 Å². The molecule has 0 aliphatic carbocycles. The average Bonchev–Trinajstić information content (AvgIpc) is 2.82. The zero-order chi connectivity index (χ0) is 12.5. The van der Waals surface area contributed by atoms with Crippen LogP contribution in [0, 0.1) is 5.92 Å². The van der Waals surface area contributed by atoms with Gasteiger partial charge in [-0.1, -0.05) is 23.5 Å². The van der Waals surface area contributed by atoms with Crippen LogP contribution in [0.4, 0.5) is 5.13 Å². The third-order valence-corrected chi connectivity index (χ3v) is 4.42. The van der Waals surface area contributed by atoms with Crippen LogP contribution in [0.3, 0.4) is 0 Å². The molecule has 3 rings (SSSR count). The molecule has 1 saturated heterocycles. The van der Waals surface area contributed by atoms with Gasteiger partial charge in [-0.05, 0) is 25.0 Å². The standard InChI is InChI=1S/C13H14N2O2S/c16-12(17)9-4-3-7-15(8-9)13-14-10-5-1-2-6-11(10)18-13/h1-2,5-6,9H,3-4,7-8H2,(H,16,17)/t9-/m1/s1. The van der Waals surface area contributed by atoms with Crippen LogP contribution in [0.1, 0.15) is 12.8 Å². The Morgan fingerprint density at radius 2 is 2.28 bits per heavy atom. The summed E-state index contributed by atoms with van der Waals surface area (Å²) in [6, 6.07) is 8.02. The number of hydrogen-bond donors (Lipinski definition) is 1. The highest BCUT2D eigenvalue weighted by atomic mass is 32.1. The Kier molecular flexibility index (Phi) is 2.91. The summed E-state index contributed by atoms with van der Waals surface area (Å²) in [5, 5.41) is 10.0. The SMILES string of the molecule is O=C(O)[C@@H]1CCCN(c2nc3ccccc3s2)C1. The van der Waals surface area contributed by atoms with Gasteiger partial charge in [0.25, 0.3) is 0 Å². The molecule has 1 aliphatic heterocycles. The molecule has 94 valence electrons. The van der Waals surface area contributed by atoms with Crippen LogP contribution >= 0.6 is 11.3 Å². The number of anilines is 1. The first-order chi connectivity index (χ1) is 8.74. The molecule has 1 aliphatic rings. The van der Waals surface area contributed by atoms with Gasteiger partial charge in [0, 0.05) is 13.1 Å². The topological polar surface area (TPSA) is 53.4 Å². The van der Waals surface area contributed by atoms with Crippen molar-refractivity contribution in [2.75, 3.05) is 18.0 Å². The van der Waals surface area contributed by atoms with E-state index in [0.29, 0.717) is 6.54 Å². The Labute approximate surface area is 109 Å². The molecule has 0 radical (unpaired) electrons. The van der Waals surface area contributed by atoms with Gasteiger partial charge in [-0.3, -0.25) is 4.79 Å². The summed E-state index contributed by atoms with van der Waals surface area (Å²) in [5.74, 6) is -0.952. The van der Waals surface area contributed by atoms with E-state index in [1.54, 1.807) is 11.3 Å². The van der Waals surface area contributed by atoms with Crippen molar-refractivity contribution in [2.45, 2.75) is 12.8 Å². The Morgan fingerprint density at radius 3 is 3.06 bits per heavy atom. The van der Waals surface area contributed by atoms with E-state index < -0.39 is 5.97 Å². The Bertz CT molecular complexity index is 548. The molecule has 4 nitrogen and oxygen atoms in total. The quantitative estimate of drug-likeness (QED) is 0.904. The largest absolute Gasteiger partial charge is 0.481 e. The van der Waals surface area contributed by atoms with Crippen LogP contribution in [-0.2, 0) is 4.79 Å². The molecule has 1 aromatic carbocycles. The number of para-hydroxylation sites is 1. The minimum atomic E-state index is -0.694. The number of carboxylic acid groups (broad SMARTS) is 1. The minimum absolute atomic E-state index is 0.259. The summed E-state index contributed by atoms with van der Waals surface area (Å²) in [6.45, 7) is 1.48. The molecule has 0 bridgehead atoms. The second-order valence-electron chi connectivity index (χ2n) is 4.59. The highest BCUT2D eigenvalue weighted by Crippen LogP contribution is 2.31. The van der Waals surface area contributed by atoms with Crippen LogP contribution in [-0.4, -0.2) is 29.1 Å². The Morgan fingerprint density at radius 1 is 1.44 bits per heavy atom. The summed E-state index contributed by atoms with van der Waals surface area (Å²) in [4.78, 5) is 17.7. The van der Waals surface area contributed by atoms with Gasteiger partial charge in [0.15, 0.2) is 5.13 Å². The summed E-state index contributed by atoms with van der Waals surface area (Å²) >= 11 is 1.64. The van der Waals surface area contributed by atoms with E-state index >= 15 is 0 Å². The van der Waals surface area contributed by atoms with Crippen LogP contribution in [0.2, 0.25) is 0 Å². The number of hydrogen-bond acceptors (Lipinski definition) is 4. The summed E-state index contributed by atoms with van der Waals surface area (Å²) in [6.07, 6.45) is 1.70. The van der Waals surface area contributed by atoms with Gasteiger partial charge in [-0.2, -0.15) is 0 Å². The van der Waals surface area contributed by atoms with E-state index in [2.05, 4.69) is 16.0 Å². The van der Waals surface area contributed by atoms with E-state index in [1.165, 1.54) is 0 Å². The van der Waals surface area contributed by atoms with Gasteiger partial charge < -0.3 is 10.0 Å². The first kappa shape index (κ1) is 11.5. The lowest BCUT2D eigenvalue weighted by molar-refractivity contribution is -0.141. The van der Waals surface area contributed by atoms with Crippen molar-refractivity contribution in [3.8, 4) is 0 Å². The predicted molar refractivity (Wildman–Crippen MR) is 72.2 cm³/mol. The number of aliphatic carboxylic acids is 1. The van der Waals surface area contributed by atoms with E-state index in [-0.39, 0.29) is 5.92 Å². The van der Waals surface area contributed by atoms with Crippen molar-refractivity contribution in [3.63, 3.8) is 0 Å². The fraction of sp³-hybridized carbons (Fsp3) is 0.385. The lowest BCUT2D eigenvalue weighted by Gasteiger charge is -2.30. The zero-order valence-corrected chi connectivity index (χ0v) is 10.7. The lowest BCUT2D eigenvalue weighted by atomic mass is 9.99. The monoisotopic (exact) mass is 262 g/mol. The maximum absolute atomic E-state index is 11.1. The number of rotatable bonds is 2. The molecule has 0 saturated carbocycles. The number of piperidine rings is 1. The van der Waals surface area contributed by atoms with Crippen molar-refractivity contribution < 1.29 is 9.90 Å². The molecule has 2 aromatic rings. The minimum Gasteiger partial charge on any atom is -0.481 e. The molecular weight excluding hydrogens is 248 g/mol. The summed E-state index contributed by atoms with van der Waals surface area (Å²) in [5.41, 5.74) is 0.995. The molecule has 18 heavy (non-hydrogen) atoms. The number of fused-ring (bicyclic) bond motifs is 1. The third kappa shape index (κ3) is 2.06. The Hall–Kier alpha value is -1.62. The molecule has 1 fully saturated rings. The molecule has 0 amide bonds. The number of carbonyl (C=O) groups is 1. The maximum Gasteiger partial charge on any atom is 0.308 e. The number of thiazole rings is 1. The highest BCUT2D eigenvalue weighted by molar-refractivity contribution is 7.22. The number of nitrogens with zero attached hydrogens (tertiary/aromatic N) is 2. The first-order valence-electron chi connectivity index (χ1n) is 6.07. The van der Waals surface area contributed by atoms with Crippen molar-refractivity contribution in [1.82, 2.24) is 4.98 Å². The second kappa shape index (κ2) is 4.57. The van der Waals surface area contributed by atoms with E-state index in [0.717, 1.165) is 34.7 Å². The van der Waals surface area contributed by atoms with Gasteiger partial charge in [0.1, 0.15) is 0 Å². The van der Waals surface area contributed by atoms with Gasteiger partial charge >= 0.3 is 5.97 Å². The summed E-state index contributed by atoms with van der Waals surface area (Å²) < 4.78 is 1.16. The van der Waals surface area contributed by atoms with Gasteiger partial charge in [-0.15, -0.1) is 0 Å². The van der Waals surface area contributed by atoms with Crippen molar-refractivity contribution >= 4 is 32.7 Å². The molecule has 1 aromatic heterocycles. The Balaban J connectivity index is 1.87.